The number of aromatic nitrogens is 2. The predicted molar refractivity (Wildman–Crippen MR) is 114 cm³/mol. The average Bonchev–Trinajstić information content (AvgIpc) is 3.29. The van der Waals surface area contributed by atoms with E-state index in [1.54, 1.807) is 48.5 Å². The number of Topliss-reactive ketones (excluding diaryl/α,β-unsaturated/α-hetero) is 1. The molecule has 4 rings (SSSR count). The van der Waals surface area contributed by atoms with E-state index < -0.39 is 5.97 Å². The molecule has 0 atom stereocenters. The number of ketones is 1. The molecular weight excluding hydrogens is 448 g/mol. The third-order valence-electron chi connectivity index (χ3n) is 4.31. The lowest BCUT2D eigenvalue weighted by molar-refractivity contribution is 0.0475. The molecule has 0 bridgehead atoms. The molecule has 0 amide bonds. The van der Waals surface area contributed by atoms with E-state index in [0.29, 0.717) is 28.5 Å². The Labute approximate surface area is 180 Å². The first-order valence-corrected chi connectivity index (χ1v) is 9.85. The average molecular weight is 463 g/mol. The Morgan fingerprint density at radius 2 is 1.33 bits per heavy atom. The lowest BCUT2D eigenvalue weighted by Crippen LogP contribution is -2.14. The molecule has 0 unspecified atom stereocenters. The highest BCUT2D eigenvalue weighted by molar-refractivity contribution is 9.10. The van der Waals surface area contributed by atoms with Crippen molar-refractivity contribution in [1.29, 1.82) is 0 Å². The first-order valence-electron chi connectivity index (χ1n) is 9.05. The maximum Gasteiger partial charge on any atom is 0.338 e. The molecule has 4 aromatic rings. The van der Waals surface area contributed by atoms with Crippen LogP contribution in [0.5, 0.6) is 0 Å². The molecule has 3 aromatic carbocycles. The second kappa shape index (κ2) is 8.84. The highest BCUT2D eigenvalue weighted by Crippen LogP contribution is 2.24. The summed E-state index contributed by atoms with van der Waals surface area (Å²) in [4.78, 5) is 24.4. The molecule has 30 heavy (non-hydrogen) atoms. The van der Waals surface area contributed by atoms with Gasteiger partial charge in [0, 0.05) is 21.2 Å². The second-order valence-corrected chi connectivity index (χ2v) is 7.28. The molecule has 7 heteroatoms. The monoisotopic (exact) mass is 462 g/mol. The normalized spacial score (nSPS) is 10.6. The number of carbonyl (C=O) groups excluding carboxylic acids is 2. The highest BCUT2D eigenvalue weighted by Gasteiger charge is 2.14. The van der Waals surface area contributed by atoms with Gasteiger partial charge in [-0.05, 0) is 48.5 Å². The maximum atomic E-state index is 12.2. The fourth-order valence-corrected chi connectivity index (χ4v) is 2.98. The predicted octanol–water partition coefficient (Wildman–Crippen LogP) is 5.21. The summed E-state index contributed by atoms with van der Waals surface area (Å²) in [6, 6.07) is 22.9. The molecule has 0 aliphatic heterocycles. The first-order chi connectivity index (χ1) is 14.6. The smallest absolute Gasteiger partial charge is 0.338 e. The van der Waals surface area contributed by atoms with Crippen LogP contribution in [0.1, 0.15) is 20.7 Å². The molecule has 0 saturated heterocycles. The maximum absolute atomic E-state index is 12.2. The van der Waals surface area contributed by atoms with Crippen LogP contribution >= 0.6 is 15.9 Å². The number of carbonyl (C=O) groups is 2. The van der Waals surface area contributed by atoms with Crippen molar-refractivity contribution in [3.8, 4) is 22.9 Å². The standard InChI is InChI=1S/C23H15BrN2O4/c24-19-12-10-15(11-13-19)20(27)14-29-23(28)18-8-6-17(7-9-18)22-26-25-21(30-22)16-4-2-1-3-5-16/h1-13H,14H2. The molecule has 6 nitrogen and oxygen atoms in total. The zero-order valence-corrected chi connectivity index (χ0v) is 17.2. The van der Waals surface area contributed by atoms with Crippen LogP contribution in [0.2, 0.25) is 0 Å². The zero-order valence-electron chi connectivity index (χ0n) is 15.6. The van der Waals surface area contributed by atoms with Crippen LogP contribution in [0.25, 0.3) is 22.9 Å². The second-order valence-electron chi connectivity index (χ2n) is 6.36. The SMILES string of the molecule is O=C(COC(=O)c1ccc(-c2nnc(-c3ccccc3)o2)cc1)c1ccc(Br)cc1. The Morgan fingerprint density at radius 1 is 0.767 bits per heavy atom. The Hall–Kier alpha value is -3.58. The zero-order chi connectivity index (χ0) is 20.9. The number of halogens is 1. The minimum Gasteiger partial charge on any atom is -0.454 e. The summed E-state index contributed by atoms with van der Waals surface area (Å²) in [5.41, 5.74) is 2.30. The Morgan fingerprint density at radius 3 is 1.97 bits per heavy atom. The molecule has 1 aromatic heterocycles. The van der Waals surface area contributed by atoms with Gasteiger partial charge in [-0.1, -0.05) is 46.3 Å². The lowest BCUT2D eigenvalue weighted by Gasteiger charge is -2.05. The van der Waals surface area contributed by atoms with Gasteiger partial charge in [-0.25, -0.2) is 4.79 Å². The van der Waals surface area contributed by atoms with Crippen LogP contribution in [0, 0.1) is 0 Å². The van der Waals surface area contributed by atoms with Gasteiger partial charge in [0.1, 0.15) is 0 Å². The van der Waals surface area contributed by atoms with Gasteiger partial charge >= 0.3 is 5.97 Å². The van der Waals surface area contributed by atoms with E-state index in [-0.39, 0.29) is 12.4 Å². The van der Waals surface area contributed by atoms with Crippen molar-refractivity contribution < 1.29 is 18.7 Å². The molecule has 0 radical (unpaired) electrons. The van der Waals surface area contributed by atoms with Gasteiger partial charge in [0.05, 0.1) is 5.56 Å². The van der Waals surface area contributed by atoms with E-state index in [9.17, 15) is 9.59 Å². The summed E-state index contributed by atoms with van der Waals surface area (Å²) in [5.74, 6) is -0.0889. The molecule has 0 saturated carbocycles. The summed E-state index contributed by atoms with van der Waals surface area (Å²) in [5, 5.41) is 8.11. The third kappa shape index (κ3) is 4.52. The Kier molecular flexibility index (Phi) is 5.81. The fraction of sp³-hybridized carbons (Fsp3) is 0.0435. The summed E-state index contributed by atoms with van der Waals surface area (Å²) < 4.78 is 11.7. The summed E-state index contributed by atoms with van der Waals surface area (Å²) >= 11 is 3.31. The Balaban J connectivity index is 1.39. The van der Waals surface area contributed by atoms with E-state index in [1.807, 2.05) is 30.3 Å². The van der Waals surface area contributed by atoms with E-state index in [4.69, 9.17) is 9.15 Å². The summed E-state index contributed by atoms with van der Waals surface area (Å²) in [6.07, 6.45) is 0. The lowest BCUT2D eigenvalue weighted by atomic mass is 10.1. The number of benzene rings is 3. The highest BCUT2D eigenvalue weighted by atomic mass is 79.9. The van der Waals surface area contributed by atoms with Crippen LogP contribution in [-0.4, -0.2) is 28.6 Å². The van der Waals surface area contributed by atoms with Crippen molar-refractivity contribution in [1.82, 2.24) is 10.2 Å². The van der Waals surface area contributed by atoms with E-state index in [1.165, 1.54) is 0 Å². The summed E-state index contributed by atoms with van der Waals surface area (Å²) in [7, 11) is 0. The van der Waals surface area contributed by atoms with Crippen molar-refractivity contribution in [2.75, 3.05) is 6.61 Å². The van der Waals surface area contributed by atoms with E-state index in [2.05, 4.69) is 26.1 Å². The quantitative estimate of drug-likeness (QED) is 0.289. The third-order valence-corrected chi connectivity index (χ3v) is 4.84. The first kappa shape index (κ1) is 19.7. The molecule has 148 valence electrons. The molecule has 1 heterocycles. The van der Waals surface area contributed by atoms with Crippen LogP contribution in [0.15, 0.2) is 87.8 Å². The van der Waals surface area contributed by atoms with Gasteiger partial charge in [0.2, 0.25) is 11.8 Å². The van der Waals surface area contributed by atoms with Crippen LogP contribution < -0.4 is 0 Å². The topological polar surface area (TPSA) is 82.3 Å². The number of hydrogen-bond acceptors (Lipinski definition) is 6. The van der Waals surface area contributed by atoms with Gasteiger partial charge in [0.15, 0.2) is 12.4 Å². The van der Waals surface area contributed by atoms with Crippen molar-refractivity contribution in [3.05, 3.63) is 94.5 Å². The van der Waals surface area contributed by atoms with Crippen molar-refractivity contribution in [2.45, 2.75) is 0 Å². The van der Waals surface area contributed by atoms with Gasteiger partial charge in [-0.15, -0.1) is 10.2 Å². The number of hydrogen-bond donors (Lipinski definition) is 0. The molecule has 0 aliphatic rings. The molecule has 0 N–H and O–H groups in total. The van der Waals surface area contributed by atoms with Crippen LogP contribution in [-0.2, 0) is 4.74 Å². The number of esters is 1. The van der Waals surface area contributed by atoms with Gasteiger partial charge in [0.25, 0.3) is 0 Å². The number of ether oxygens (including phenoxy) is 1. The molecule has 0 aliphatic carbocycles. The molecular formula is C23H15BrN2O4. The minimum atomic E-state index is -0.581. The molecule has 0 fully saturated rings. The van der Waals surface area contributed by atoms with Gasteiger partial charge in [-0.2, -0.15) is 0 Å². The van der Waals surface area contributed by atoms with Crippen molar-refractivity contribution >= 4 is 27.7 Å². The van der Waals surface area contributed by atoms with Crippen LogP contribution in [0.4, 0.5) is 0 Å². The van der Waals surface area contributed by atoms with E-state index in [0.717, 1.165) is 10.0 Å². The fourth-order valence-electron chi connectivity index (χ4n) is 2.72. The minimum absolute atomic E-state index is 0.272. The van der Waals surface area contributed by atoms with E-state index >= 15 is 0 Å². The molecule has 0 spiro atoms. The van der Waals surface area contributed by atoms with Crippen molar-refractivity contribution in [2.24, 2.45) is 0 Å². The van der Waals surface area contributed by atoms with Gasteiger partial charge in [-0.3, -0.25) is 4.79 Å². The van der Waals surface area contributed by atoms with Crippen LogP contribution in [0.3, 0.4) is 0 Å². The number of nitrogens with zero attached hydrogens (tertiary/aromatic N) is 2. The Bertz CT molecular complexity index is 1170. The van der Waals surface area contributed by atoms with Crippen molar-refractivity contribution in [3.63, 3.8) is 0 Å². The largest absolute Gasteiger partial charge is 0.454 e. The number of rotatable bonds is 6. The summed E-state index contributed by atoms with van der Waals surface area (Å²) in [6.45, 7) is -0.327. The van der Waals surface area contributed by atoms with Gasteiger partial charge < -0.3 is 9.15 Å².